The molecule has 8 heteroatoms. The largest absolute Gasteiger partial charge is 0.328 e. The summed E-state index contributed by atoms with van der Waals surface area (Å²) in [4.78, 5) is 33.0. The van der Waals surface area contributed by atoms with Gasteiger partial charge in [-0.15, -0.1) is 0 Å². The van der Waals surface area contributed by atoms with Gasteiger partial charge in [-0.2, -0.15) is 5.10 Å². The maximum absolute atomic E-state index is 13.0. The highest BCUT2D eigenvalue weighted by Crippen LogP contribution is 2.24. The highest BCUT2D eigenvalue weighted by atomic mass is 35.5. The molecule has 0 saturated carbocycles. The molecule has 0 unspecified atom stereocenters. The van der Waals surface area contributed by atoms with Crippen molar-refractivity contribution < 1.29 is 9.59 Å². The zero-order valence-corrected chi connectivity index (χ0v) is 15.1. The number of piperazine rings is 1. The van der Waals surface area contributed by atoms with Gasteiger partial charge in [0, 0.05) is 29.4 Å². The molecule has 1 saturated heterocycles. The summed E-state index contributed by atoms with van der Waals surface area (Å²) in [6, 6.07) is 14.3. The van der Waals surface area contributed by atoms with Crippen molar-refractivity contribution in [2.75, 3.05) is 24.5 Å². The zero-order valence-electron chi connectivity index (χ0n) is 14.3. The molecular weight excluding hydrogens is 366 g/mol. The number of carbonyl (C=O) groups excluding carboxylic acids is 2. The van der Waals surface area contributed by atoms with Crippen molar-refractivity contribution in [2.24, 2.45) is 0 Å². The topological polar surface area (TPSA) is 82.2 Å². The Balaban J connectivity index is 1.55. The zero-order chi connectivity index (χ0) is 18.8. The van der Waals surface area contributed by atoms with Gasteiger partial charge in [0.05, 0.1) is 5.56 Å². The van der Waals surface area contributed by atoms with Gasteiger partial charge in [0.15, 0.2) is 5.82 Å². The second-order valence-corrected chi connectivity index (χ2v) is 6.57. The number of aromatic amines is 1. The first-order valence-electron chi connectivity index (χ1n) is 8.43. The van der Waals surface area contributed by atoms with Crippen LogP contribution in [0.3, 0.4) is 0 Å². The monoisotopic (exact) mass is 381 g/mol. The number of amides is 2. The molecule has 1 aromatic heterocycles. The average Bonchev–Trinajstić information content (AvgIpc) is 3.22. The fourth-order valence-electron chi connectivity index (χ4n) is 3.15. The van der Waals surface area contributed by atoms with E-state index < -0.39 is 0 Å². The molecule has 0 aliphatic carbocycles. The lowest BCUT2D eigenvalue weighted by molar-refractivity contribution is -0.120. The number of anilines is 1. The first-order chi connectivity index (χ1) is 13.1. The smallest absolute Gasteiger partial charge is 0.255 e. The summed E-state index contributed by atoms with van der Waals surface area (Å²) in [5.41, 5.74) is 1.88. The van der Waals surface area contributed by atoms with Gasteiger partial charge in [-0.05, 0) is 24.3 Å². The van der Waals surface area contributed by atoms with E-state index in [4.69, 9.17) is 11.6 Å². The van der Waals surface area contributed by atoms with Crippen LogP contribution in [-0.4, -0.2) is 51.5 Å². The summed E-state index contributed by atoms with van der Waals surface area (Å²) >= 11 is 6.02. The maximum atomic E-state index is 13.0. The predicted molar refractivity (Wildman–Crippen MR) is 102 cm³/mol. The van der Waals surface area contributed by atoms with Gasteiger partial charge in [-0.25, -0.2) is 4.98 Å². The van der Waals surface area contributed by atoms with Crippen molar-refractivity contribution in [2.45, 2.75) is 0 Å². The summed E-state index contributed by atoms with van der Waals surface area (Å²) in [6.07, 6.45) is 1.39. The number of nitrogens with one attached hydrogen (secondary N) is 1. The third-order valence-electron chi connectivity index (χ3n) is 4.46. The quantitative estimate of drug-likeness (QED) is 0.756. The second kappa shape index (κ2) is 7.20. The van der Waals surface area contributed by atoms with Crippen molar-refractivity contribution in [3.63, 3.8) is 0 Å². The number of H-pyrrole nitrogens is 1. The minimum absolute atomic E-state index is 0.0100. The van der Waals surface area contributed by atoms with E-state index in [1.807, 2.05) is 12.1 Å². The van der Waals surface area contributed by atoms with Crippen molar-refractivity contribution in [3.05, 3.63) is 65.4 Å². The number of rotatable bonds is 3. The molecule has 1 fully saturated rings. The van der Waals surface area contributed by atoms with Crippen LogP contribution in [0.4, 0.5) is 5.69 Å². The number of hydrogen-bond donors (Lipinski definition) is 1. The van der Waals surface area contributed by atoms with Crippen molar-refractivity contribution >= 4 is 29.1 Å². The summed E-state index contributed by atoms with van der Waals surface area (Å²) in [6.45, 7) is 0.854. The molecule has 7 nitrogen and oxygen atoms in total. The maximum Gasteiger partial charge on any atom is 0.255 e. The molecule has 27 heavy (non-hydrogen) atoms. The van der Waals surface area contributed by atoms with E-state index in [1.54, 1.807) is 46.2 Å². The Morgan fingerprint density at radius 1 is 1.11 bits per heavy atom. The third kappa shape index (κ3) is 3.41. The van der Waals surface area contributed by atoms with Crippen LogP contribution in [0.15, 0.2) is 54.9 Å². The summed E-state index contributed by atoms with van der Waals surface area (Å²) in [5, 5.41) is 7.19. The molecule has 3 aromatic rings. The number of aromatic nitrogens is 3. The van der Waals surface area contributed by atoms with E-state index in [9.17, 15) is 9.59 Å². The predicted octanol–water partition coefficient (Wildman–Crippen LogP) is 2.61. The normalized spacial score (nSPS) is 14.5. The Morgan fingerprint density at radius 2 is 1.96 bits per heavy atom. The summed E-state index contributed by atoms with van der Waals surface area (Å²) in [7, 11) is 0. The Kier molecular flexibility index (Phi) is 4.60. The number of halogens is 1. The van der Waals surface area contributed by atoms with Gasteiger partial charge in [-0.1, -0.05) is 35.9 Å². The van der Waals surface area contributed by atoms with Crippen molar-refractivity contribution in [1.29, 1.82) is 0 Å². The molecule has 0 bridgehead atoms. The molecule has 1 aliphatic rings. The van der Waals surface area contributed by atoms with Gasteiger partial charge in [0.2, 0.25) is 5.91 Å². The minimum atomic E-state index is -0.207. The fourth-order valence-corrected chi connectivity index (χ4v) is 3.33. The lowest BCUT2D eigenvalue weighted by atomic mass is 10.1. The number of carbonyl (C=O) groups is 2. The molecule has 1 N–H and O–H groups in total. The van der Waals surface area contributed by atoms with E-state index in [0.717, 1.165) is 5.69 Å². The van der Waals surface area contributed by atoms with E-state index in [-0.39, 0.29) is 18.4 Å². The molecule has 2 aromatic carbocycles. The first kappa shape index (κ1) is 17.2. The highest BCUT2D eigenvalue weighted by molar-refractivity contribution is 6.30. The molecule has 2 amide bonds. The van der Waals surface area contributed by atoms with Crippen LogP contribution in [-0.2, 0) is 4.79 Å². The van der Waals surface area contributed by atoms with Gasteiger partial charge < -0.3 is 9.80 Å². The van der Waals surface area contributed by atoms with Crippen LogP contribution in [0.5, 0.6) is 0 Å². The van der Waals surface area contributed by atoms with E-state index in [1.165, 1.54) is 6.33 Å². The van der Waals surface area contributed by atoms with E-state index >= 15 is 0 Å². The molecule has 4 rings (SSSR count). The van der Waals surface area contributed by atoms with Crippen LogP contribution in [0.2, 0.25) is 5.02 Å². The Labute approximate surface area is 160 Å². The fraction of sp³-hybridized carbons (Fsp3) is 0.158. The average molecular weight is 382 g/mol. The van der Waals surface area contributed by atoms with E-state index in [2.05, 4.69) is 15.2 Å². The number of nitrogens with zero attached hydrogens (tertiary/aromatic N) is 4. The van der Waals surface area contributed by atoms with E-state index in [0.29, 0.717) is 35.1 Å². The Hall–Kier alpha value is -3.19. The molecule has 0 radical (unpaired) electrons. The van der Waals surface area contributed by atoms with Crippen LogP contribution in [0.1, 0.15) is 10.4 Å². The lowest BCUT2D eigenvalue weighted by Gasteiger charge is -2.34. The first-order valence-corrected chi connectivity index (χ1v) is 8.81. The third-order valence-corrected chi connectivity index (χ3v) is 4.69. The van der Waals surface area contributed by atoms with Gasteiger partial charge in [-0.3, -0.25) is 14.7 Å². The highest BCUT2D eigenvalue weighted by Gasteiger charge is 2.30. The van der Waals surface area contributed by atoms with Gasteiger partial charge >= 0.3 is 0 Å². The van der Waals surface area contributed by atoms with Gasteiger partial charge in [0.1, 0.15) is 12.9 Å². The summed E-state index contributed by atoms with van der Waals surface area (Å²) in [5.74, 6) is 0.165. The SMILES string of the molecule is O=C(c1ccccc1-c1ncn[nH]1)N1CCN(c2cccc(Cl)c2)C(=O)C1. The lowest BCUT2D eigenvalue weighted by Crippen LogP contribution is -2.52. The summed E-state index contributed by atoms with van der Waals surface area (Å²) < 4.78 is 0. The molecule has 2 heterocycles. The molecule has 1 aliphatic heterocycles. The van der Waals surface area contributed by atoms with Crippen LogP contribution in [0.25, 0.3) is 11.4 Å². The molecular formula is C19H16ClN5O2. The Morgan fingerprint density at radius 3 is 2.70 bits per heavy atom. The number of hydrogen-bond acceptors (Lipinski definition) is 4. The number of benzene rings is 2. The standard InChI is InChI=1S/C19H16ClN5O2/c20-13-4-3-5-14(10-13)25-9-8-24(11-17(25)26)19(27)16-7-2-1-6-15(16)18-21-12-22-23-18/h1-7,10,12H,8-9,11H2,(H,21,22,23). The van der Waals surface area contributed by atoms with Crippen LogP contribution in [0, 0.1) is 0 Å². The minimum Gasteiger partial charge on any atom is -0.328 e. The molecule has 136 valence electrons. The van der Waals surface area contributed by atoms with Crippen molar-refractivity contribution in [1.82, 2.24) is 20.1 Å². The van der Waals surface area contributed by atoms with Crippen molar-refractivity contribution in [3.8, 4) is 11.4 Å². The second-order valence-electron chi connectivity index (χ2n) is 6.13. The molecule has 0 atom stereocenters. The van der Waals surface area contributed by atoms with Crippen LogP contribution >= 0.6 is 11.6 Å². The Bertz CT molecular complexity index is 989. The van der Waals surface area contributed by atoms with Crippen LogP contribution < -0.4 is 4.90 Å². The van der Waals surface area contributed by atoms with Gasteiger partial charge in [0.25, 0.3) is 5.91 Å². The molecule has 0 spiro atoms.